The summed E-state index contributed by atoms with van der Waals surface area (Å²) in [6.45, 7) is 2.68. The first-order chi connectivity index (χ1) is 4.95. The Morgan fingerprint density at radius 1 is 0.909 bits per heavy atom. The van der Waals surface area contributed by atoms with Gasteiger partial charge in [-0.15, -0.1) is 12.4 Å². The third kappa shape index (κ3) is 0.940. The third-order valence-electron chi connectivity index (χ3n) is 4.03. The average molecular weight is 174 g/mol. The summed E-state index contributed by atoms with van der Waals surface area (Å²) < 4.78 is 0. The van der Waals surface area contributed by atoms with Gasteiger partial charge >= 0.3 is 0 Å². The second-order valence-electron chi connectivity index (χ2n) is 4.32. The van der Waals surface area contributed by atoms with Crippen LogP contribution in [0.1, 0.15) is 19.3 Å². The van der Waals surface area contributed by atoms with Crippen molar-refractivity contribution < 1.29 is 0 Å². The first-order valence-corrected chi connectivity index (χ1v) is 4.66. The number of hydrogen-bond donors (Lipinski definition) is 1. The van der Waals surface area contributed by atoms with E-state index < -0.39 is 0 Å². The van der Waals surface area contributed by atoms with Crippen molar-refractivity contribution in [2.75, 3.05) is 13.1 Å². The van der Waals surface area contributed by atoms with Gasteiger partial charge in [0.1, 0.15) is 0 Å². The van der Waals surface area contributed by atoms with Crippen LogP contribution in [-0.4, -0.2) is 13.1 Å². The molecule has 1 N–H and O–H groups in total. The number of fused-ring (bicyclic) bond motifs is 5. The van der Waals surface area contributed by atoms with Gasteiger partial charge in [-0.1, -0.05) is 0 Å². The quantitative estimate of drug-likeness (QED) is 0.588. The number of rotatable bonds is 0. The second kappa shape index (κ2) is 2.63. The Kier molecular flexibility index (Phi) is 1.89. The molecule has 2 bridgehead atoms. The molecule has 2 aliphatic carbocycles. The van der Waals surface area contributed by atoms with Crippen LogP contribution in [0.5, 0.6) is 0 Å². The lowest BCUT2D eigenvalue weighted by atomic mass is 9.82. The fourth-order valence-electron chi connectivity index (χ4n) is 3.58. The highest BCUT2D eigenvalue weighted by Crippen LogP contribution is 2.53. The zero-order valence-electron chi connectivity index (χ0n) is 6.75. The molecule has 0 aromatic heterocycles. The minimum atomic E-state index is 0. The molecular formula is C9H16ClN. The first-order valence-electron chi connectivity index (χ1n) is 4.66. The maximum atomic E-state index is 3.53. The summed E-state index contributed by atoms with van der Waals surface area (Å²) in [6.07, 6.45) is 4.68. The summed E-state index contributed by atoms with van der Waals surface area (Å²) in [7, 11) is 0. The summed E-state index contributed by atoms with van der Waals surface area (Å²) in [4.78, 5) is 0. The Balaban J connectivity index is 0.000000480. The molecule has 0 radical (unpaired) electrons. The zero-order chi connectivity index (χ0) is 6.55. The maximum Gasteiger partial charge on any atom is -0.00145 e. The fourth-order valence-corrected chi connectivity index (χ4v) is 3.58. The molecule has 1 saturated heterocycles. The van der Waals surface area contributed by atoms with Crippen molar-refractivity contribution >= 4 is 12.4 Å². The molecule has 4 unspecified atom stereocenters. The van der Waals surface area contributed by atoms with Gasteiger partial charge in [0.05, 0.1) is 0 Å². The van der Waals surface area contributed by atoms with Crippen LogP contribution in [0.25, 0.3) is 0 Å². The van der Waals surface area contributed by atoms with Crippen molar-refractivity contribution in [3.05, 3.63) is 0 Å². The van der Waals surface area contributed by atoms with E-state index in [2.05, 4.69) is 5.32 Å². The lowest BCUT2D eigenvalue weighted by Gasteiger charge is -2.22. The van der Waals surface area contributed by atoms with Crippen molar-refractivity contribution in [3.8, 4) is 0 Å². The van der Waals surface area contributed by atoms with Crippen molar-refractivity contribution in [1.29, 1.82) is 0 Å². The van der Waals surface area contributed by atoms with E-state index in [1.54, 1.807) is 19.3 Å². The highest BCUT2D eigenvalue weighted by Gasteiger charge is 2.48. The van der Waals surface area contributed by atoms with E-state index in [4.69, 9.17) is 0 Å². The summed E-state index contributed by atoms with van der Waals surface area (Å²) in [5.41, 5.74) is 0. The van der Waals surface area contributed by atoms with E-state index in [1.807, 2.05) is 0 Å². The zero-order valence-corrected chi connectivity index (χ0v) is 7.57. The van der Waals surface area contributed by atoms with Crippen LogP contribution in [0, 0.1) is 23.7 Å². The van der Waals surface area contributed by atoms with Crippen molar-refractivity contribution in [2.24, 2.45) is 23.7 Å². The first kappa shape index (κ1) is 7.88. The standard InChI is InChI=1S/C9H15N.ClH/c1-2-7-3-6(1)8-4-10-5-9(7)8;/h6-10H,1-5H2;1H. The lowest BCUT2D eigenvalue weighted by Crippen LogP contribution is -2.19. The predicted molar refractivity (Wildman–Crippen MR) is 47.9 cm³/mol. The van der Waals surface area contributed by atoms with Gasteiger partial charge in [-0.2, -0.15) is 0 Å². The number of hydrogen-bond acceptors (Lipinski definition) is 1. The molecule has 1 aliphatic heterocycles. The van der Waals surface area contributed by atoms with Gasteiger partial charge in [0.15, 0.2) is 0 Å². The second-order valence-corrected chi connectivity index (χ2v) is 4.32. The van der Waals surface area contributed by atoms with E-state index in [1.165, 1.54) is 13.1 Å². The van der Waals surface area contributed by atoms with E-state index in [0.717, 1.165) is 23.7 Å². The molecule has 11 heavy (non-hydrogen) atoms. The van der Waals surface area contributed by atoms with Gasteiger partial charge in [0.25, 0.3) is 0 Å². The summed E-state index contributed by atoms with van der Waals surface area (Å²) in [5.74, 6) is 4.45. The monoisotopic (exact) mass is 173 g/mol. The van der Waals surface area contributed by atoms with Crippen LogP contribution < -0.4 is 5.32 Å². The molecule has 1 nitrogen and oxygen atoms in total. The smallest absolute Gasteiger partial charge is 0.00145 e. The average Bonchev–Trinajstić information content (AvgIpc) is 2.60. The summed E-state index contributed by atoms with van der Waals surface area (Å²) in [6, 6.07) is 0. The predicted octanol–water partition coefficient (Wildman–Crippen LogP) is 1.67. The maximum absolute atomic E-state index is 3.53. The Morgan fingerprint density at radius 2 is 1.45 bits per heavy atom. The molecule has 2 saturated carbocycles. The van der Waals surface area contributed by atoms with E-state index >= 15 is 0 Å². The van der Waals surface area contributed by atoms with Gasteiger partial charge in [0, 0.05) is 0 Å². The molecular weight excluding hydrogens is 158 g/mol. The van der Waals surface area contributed by atoms with Gasteiger partial charge in [-0.3, -0.25) is 0 Å². The largest absolute Gasteiger partial charge is 0.316 e. The minimum absolute atomic E-state index is 0. The van der Waals surface area contributed by atoms with Crippen LogP contribution in [0.15, 0.2) is 0 Å². The van der Waals surface area contributed by atoms with Crippen LogP contribution in [0.4, 0.5) is 0 Å². The van der Waals surface area contributed by atoms with Crippen LogP contribution in [0.2, 0.25) is 0 Å². The molecule has 3 fully saturated rings. The molecule has 0 aromatic rings. The normalized spacial score (nSPS) is 52.4. The molecule has 64 valence electrons. The molecule has 3 aliphatic rings. The fraction of sp³-hybridized carbons (Fsp3) is 1.00. The Morgan fingerprint density at radius 3 is 2.00 bits per heavy atom. The van der Waals surface area contributed by atoms with E-state index in [9.17, 15) is 0 Å². The van der Waals surface area contributed by atoms with Crippen LogP contribution >= 0.6 is 12.4 Å². The number of halogens is 1. The van der Waals surface area contributed by atoms with E-state index in [0.29, 0.717) is 0 Å². The lowest BCUT2D eigenvalue weighted by molar-refractivity contribution is 0.281. The molecule has 1 heterocycles. The molecule has 3 rings (SSSR count). The summed E-state index contributed by atoms with van der Waals surface area (Å²) in [5, 5.41) is 3.53. The minimum Gasteiger partial charge on any atom is -0.316 e. The molecule has 0 amide bonds. The van der Waals surface area contributed by atoms with Gasteiger partial charge in [0.2, 0.25) is 0 Å². The van der Waals surface area contributed by atoms with Gasteiger partial charge in [-0.05, 0) is 56.0 Å². The molecule has 0 aromatic carbocycles. The Labute approximate surface area is 74.3 Å². The number of nitrogens with one attached hydrogen (secondary N) is 1. The van der Waals surface area contributed by atoms with Crippen molar-refractivity contribution in [2.45, 2.75) is 19.3 Å². The Bertz CT molecular complexity index is 144. The highest BCUT2D eigenvalue weighted by molar-refractivity contribution is 5.85. The van der Waals surface area contributed by atoms with Gasteiger partial charge in [-0.25, -0.2) is 0 Å². The highest BCUT2D eigenvalue weighted by atomic mass is 35.5. The van der Waals surface area contributed by atoms with Gasteiger partial charge < -0.3 is 5.32 Å². The summed E-state index contributed by atoms with van der Waals surface area (Å²) >= 11 is 0. The van der Waals surface area contributed by atoms with Crippen molar-refractivity contribution in [1.82, 2.24) is 5.32 Å². The molecule has 2 heteroatoms. The van der Waals surface area contributed by atoms with E-state index in [-0.39, 0.29) is 12.4 Å². The SMILES string of the molecule is C1CC2CC1C1CNCC21.Cl. The Hall–Kier alpha value is 0.250. The third-order valence-corrected chi connectivity index (χ3v) is 4.03. The molecule has 0 spiro atoms. The van der Waals surface area contributed by atoms with Crippen LogP contribution in [-0.2, 0) is 0 Å². The topological polar surface area (TPSA) is 12.0 Å². The van der Waals surface area contributed by atoms with Crippen molar-refractivity contribution in [3.63, 3.8) is 0 Å². The van der Waals surface area contributed by atoms with Crippen LogP contribution in [0.3, 0.4) is 0 Å². The molecule has 4 atom stereocenters.